The van der Waals surface area contributed by atoms with Gasteiger partial charge >= 0.3 is 0 Å². The summed E-state index contributed by atoms with van der Waals surface area (Å²) in [7, 11) is 0. The van der Waals surface area contributed by atoms with Crippen molar-refractivity contribution >= 4 is 11.8 Å². The van der Waals surface area contributed by atoms with E-state index in [0.717, 1.165) is 0 Å². The van der Waals surface area contributed by atoms with Crippen LogP contribution in [0.4, 0.5) is 0 Å². The zero-order valence-electron chi connectivity index (χ0n) is 7.46. The number of hydrogen-bond acceptors (Lipinski definition) is 3. The molecule has 2 amide bonds. The Labute approximate surface area is 76.2 Å². The van der Waals surface area contributed by atoms with Gasteiger partial charge in [-0.2, -0.15) is 0 Å². The molecule has 5 heteroatoms. The minimum Gasteiger partial charge on any atom is -0.379 e. The summed E-state index contributed by atoms with van der Waals surface area (Å²) in [6, 6.07) is 0. The SMILES string of the molecule is CCC1(C(N)=O)C=C(C(N)=O)NC1. The predicted molar refractivity (Wildman–Crippen MR) is 47.2 cm³/mol. The van der Waals surface area contributed by atoms with Crippen molar-refractivity contribution < 1.29 is 9.59 Å². The van der Waals surface area contributed by atoms with Crippen molar-refractivity contribution in [1.82, 2.24) is 5.32 Å². The molecule has 0 aliphatic carbocycles. The van der Waals surface area contributed by atoms with Crippen molar-refractivity contribution in [3.63, 3.8) is 0 Å². The second-order valence-electron chi connectivity index (χ2n) is 3.15. The Morgan fingerprint density at radius 2 is 2.23 bits per heavy atom. The van der Waals surface area contributed by atoms with Crippen LogP contribution >= 0.6 is 0 Å². The lowest BCUT2D eigenvalue weighted by Crippen LogP contribution is -2.38. The maximum absolute atomic E-state index is 11.1. The summed E-state index contributed by atoms with van der Waals surface area (Å²) in [5.41, 5.74) is 9.81. The van der Waals surface area contributed by atoms with E-state index >= 15 is 0 Å². The van der Waals surface area contributed by atoms with Crippen molar-refractivity contribution in [3.05, 3.63) is 11.8 Å². The molecule has 0 aromatic rings. The molecule has 0 fully saturated rings. The Morgan fingerprint density at radius 3 is 2.46 bits per heavy atom. The predicted octanol–water partition coefficient (Wildman–Crippen LogP) is -1.16. The summed E-state index contributed by atoms with van der Waals surface area (Å²) in [5, 5.41) is 2.76. The number of carbonyl (C=O) groups excluding carboxylic acids is 2. The van der Waals surface area contributed by atoms with E-state index in [9.17, 15) is 9.59 Å². The molecule has 0 spiro atoms. The van der Waals surface area contributed by atoms with Crippen LogP contribution in [0.2, 0.25) is 0 Å². The Balaban J connectivity index is 2.96. The van der Waals surface area contributed by atoms with Gasteiger partial charge in [0.2, 0.25) is 5.91 Å². The highest BCUT2D eigenvalue weighted by molar-refractivity contribution is 5.95. The number of rotatable bonds is 3. The number of nitrogens with one attached hydrogen (secondary N) is 1. The van der Waals surface area contributed by atoms with Crippen molar-refractivity contribution in [2.75, 3.05) is 6.54 Å². The van der Waals surface area contributed by atoms with Crippen LogP contribution in [0.15, 0.2) is 11.8 Å². The van der Waals surface area contributed by atoms with Gasteiger partial charge in [0.25, 0.3) is 5.91 Å². The molecule has 13 heavy (non-hydrogen) atoms. The second-order valence-corrected chi connectivity index (χ2v) is 3.15. The zero-order chi connectivity index (χ0) is 10.1. The van der Waals surface area contributed by atoms with Crippen LogP contribution in [-0.4, -0.2) is 18.4 Å². The highest BCUT2D eigenvalue weighted by Gasteiger charge is 2.38. The van der Waals surface area contributed by atoms with Crippen molar-refractivity contribution in [3.8, 4) is 0 Å². The molecule has 72 valence electrons. The van der Waals surface area contributed by atoms with E-state index < -0.39 is 17.2 Å². The van der Waals surface area contributed by atoms with Crippen LogP contribution in [0.25, 0.3) is 0 Å². The Morgan fingerprint density at radius 1 is 1.62 bits per heavy atom. The first-order valence-corrected chi connectivity index (χ1v) is 4.08. The van der Waals surface area contributed by atoms with Gasteiger partial charge in [-0.1, -0.05) is 6.92 Å². The molecule has 0 aromatic carbocycles. The fourth-order valence-corrected chi connectivity index (χ4v) is 1.35. The first-order chi connectivity index (χ1) is 6.02. The summed E-state index contributed by atoms with van der Waals surface area (Å²) >= 11 is 0. The number of primary amides is 2. The minimum atomic E-state index is -0.746. The fraction of sp³-hybridized carbons (Fsp3) is 0.500. The van der Waals surface area contributed by atoms with Crippen molar-refractivity contribution in [2.45, 2.75) is 13.3 Å². The average molecular weight is 183 g/mol. The molecule has 0 saturated heterocycles. The van der Waals surface area contributed by atoms with Gasteiger partial charge in [0.05, 0.1) is 11.1 Å². The lowest BCUT2D eigenvalue weighted by atomic mass is 9.85. The van der Waals surface area contributed by atoms with Crippen LogP contribution in [0.1, 0.15) is 13.3 Å². The number of nitrogens with two attached hydrogens (primary N) is 2. The van der Waals surface area contributed by atoms with Gasteiger partial charge in [-0.15, -0.1) is 0 Å². The molecule has 1 heterocycles. The summed E-state index contributed by atoms with van der Waals surface area (Å²) in [6.07, 6.45) is 2.09. The highest BCUT2D eigenvalue weighted by atomic mass is 16.2. The van der Waals surface area contributed by atoms with Crippen LogP contribution in [0, 0.1) is 5.41 Å². The molecule has 0 aromatic heterocycles. The molecule has 1 aliphatic rings. The summed E-state index contributed by atoms with van der Waals surface area (Å²) in [5.74, 6) is -0.990. The number of carbonyl (C=O) groups is 2. The molecule has 5 nitrogen and oxygen atoms in total. The molecule has 1 atom stereocenters. The van der Waals surface area contributed by atoms with Gasteiger partial charge in [-0.3, -0.25) is 9.59 Å². The van der Waals surface area contributed by atoms with E-state index in [2.05, 4.69) is 5.32 Å². The van der Waals surface area contributed by atoms with Gasteiger partial charge in [-0.05, 0) is 12.5 Å². The molecule has 1 aliphatic heterocycles. The van der Waals surface area contributed by atoms with Crippen LogP contribution in [-0.2, 0) is 9.59 Å². The zero-order valence-corrected chi connectivity index (χ0v) is 7.46. The Hall–Kier alpha value is -1.52. The van der Waals surface area contributed by atoms with Gasteiger partial charge in [0.15, 0.2) is 0 Å². The normalized spacial score (nSPS) is 26.4. The van der Waals surface area contributed by atoms with Crippen molar-refractivity contribution in [1.29, 1.82) is 0 Å². The van der Waals surface area contributed by atoms with Gasteiger partial charge in [-0.25, -0.2) is 0 Å². The van der Waals surface area contributed by atoms with E-state index in [-0.39, 0.29) is 5.70 Å². The van der Waals surface area contributed by atoms with E-state index in [1.165, 1.54) is 6.08 Å². The molecule has 5 N–H and O–H groups in total. The smallest absolute Gasteiger partial charge is 0.264 e. The lowest BCUT2D eigenvalue weighted by Gasteiger charge is -2.19. The molecular formula is C8H13N3O2. The molecule has 0 bridgehead atoms. The largest absolute Gasteiger partial charge is 0.379 e. The summed E-state index contributed by atoms with van der Waals surface area (Å²) in [6.45, 7) is 2.20. The first-order valence-electron chi connectivity index (χ1n) is 4.08. The maximum atomic E-state index is 11.1. The number of hydrogen-bond donors (Lipinski definition) is 3. The second kappa shape index (κ2) is 3.08. The van der Waals surface area contributed by atoms with Gasteiger partial charge in [0.1, 0.15) is 0 Å². The van der Waals surface area contributed by atoms with E-state index in [4.69, 9.17) is 11.5 Å². The molecule has 0 radical (unpaired) electrons. The molecule has 1 rings (SSSR count). The average Bonchev–Trinajstić information content (AvgIpc) is 2.49. The minimum absolute atomic E-state index is 0.278. The number of amides is 2. The standard InChI is InChI=1S/C8H13N3O2/c1-2-8(7(10)13)3-5(6(9)12)11-4-8/h3,11H,2,4H2,1H3,(H2,9,12)(H2,10,13). The summed E-state index contributed by atoms with van der Waals surface area (Å²) in [4.78, 5) is 21.9. The third-order valence-corrected chi connectivity index (χ3v) is 2.40. The maximum Gasteiger partial charge on any atom is 0.264 e. The van der Waals surface area contributed by atoms with E-state index in [1.54, 1.807) is 0 Å². The Bertz CT molecular complexity index is 285. The summed E-state index contributed by atoms with van der Waals surface area (Å²) < 4.78 is 0. The Kier molecular flexibility index (Phi) is 2.27. The van der Waals surface area contributed by atoms with E-state index in [1.807, 2.05) is 6.92 Å². The quantitative estimate of drug-likeness (QED) is 0.514. The monoisotopic (exact) mass is 183 g/mol. The molecular weight excluding hydrogens is 170 g/mol. The van der Waals surface area contributed by atoms with Crippen molar-refractivity contribution in [2.24, 2.45) is 16.9 Å². The van der Waals surface area contributed by atoms with E-state index in [0.29, 0.717) is 13.0 Å². The van der Waals surface area contributed by atoms with Gasteiger partial charge in [0, 0.05) is 6.54 Å². The third kappa shape index (κ3) is 1.49. The van der Waals surface area contributed by atoms with Crippen LogP contribution in [0.3, 0.4) is 0 Å². The van der Waals surface area contributed by atoms with Crippen LogP contribution < -0.4 is 16.8 Å². The highest BCUT2D eigenvalue weighted by Crippen LogP contribution is 2.28. The van der Waals surface area contributed by atoms with Crippen LogP contribution in [0.5, 0.6) is 0 Å². The topological polar surface area (TPSA) is 98.2 Å². The van der Waals surface area contributed by atoms with Gasteiger partial charge < -0.3 is 16.8 Å². The first kappa shape index (κ1) is 9.57. The molecule has 1 unspecified atom stereocenters. The molecule has 0 saturated carbocycles. The lowest BCUT2D eigenvalue weighted by molar-refractivity contribution is -0.124. The fourth-order valence-electron chi connectivity index (χ4n) is 1.35. The third-order valence-electron chi connectivity index (χ3n) is 2.40.